The molecule has 3 aliphatic carbocycles. The molecule has 1 aliphatic heterocycles. The van der Waals surface area contributed by atoms with Crippen molar-refractivity contribution in [3.63, 3.8) is 0 Å². The van der Waals surface area contributed by atoms with E-state index in [-0.39, 0.29) is 41.8 Å². The van der Waals surface area contributed by atoms with Crippen LogP contribution < -0.4 is 4.90 Å². The number of hydrogen-bond acceptors (Lipinski definition) is 5. The number of halogens is 1. The number of hydrogen-bond donors (Lipinski definition) is 1. The average Bonchev–Trinajstić information content (AvgIpc) is 3.39. The minimum Gasteiger partial charge on any atom is -0.505 e. The van der Waals surface area contributed by atoms with Crippen molar-refractivity contribution < 1.29 is 28.7 Å². The normalized spacial score (nSPS) is 27.5. The van der Waals surface area contributed by atoms with Crippen molar-refractivity contribution in [2.75, 3.05) is 4.90 Å². The van der Waals surface area contributed by atoms with Gasteiger partial charge in [-0.2, -0.15) is 0 Å². The number of amides is 2. The van der Waals surface area contributed by atoms with Crippen LogP contribution in [0.3, 0.4) is 0 Å². The van der Waals surface area contributed by atoms with Gasteiger partial charge >= 0.3 is 0 Å². The van der Waals surface area contributed by atoms with Gasteiger partial charge in [-0.1, -0.05) is 103 Å². The summed E-state index contributed by atoms with van der Waals surface area (Å²) in [6.45, 7) is 3.78. The van der Waals surface area contributed by atoms with Crippen molar-refractivity contribution in [1.82, 2.24) is 0 Å². The Morgan fingerprint density at radius 2 is 1.53 bits per heavy atom. The molecule has 0 radical (unpaired) electrons. The monoisotopic (exact) mass is 649 g/mol. The SMILES string of the molecule is C=Cc1ccc(N2C(=O)[C@H]3[C@H](CC=C4[C@H]3C[C@H]3C(=O)C(c5ccccc5)=CC(=O)[C@@]3(c3ccccc3)[C@H]4c3ccc(O)c(F)c3)C2=O)cc1. The Morgan fingerprint density at radius 1 is 0.837 bits per heavy atom. The van der Waals surface area contributed by atoms with E-state index >= 15 is 4.39 Å². The van der Waals surface area contributed by atoms with Crippen LogP contribution in [0.4, 0.5) is 10.1 Å². The fourth-order valence-electron chi connectivity index (χ4n) is 8.97. The predicted octanol–water partition coefficient (Wildman–Crippen LogP) is 7.20. The van der Waals surface area contributed by atoms with E-state index in [9.17, 15) is 24.3 Å². The lowest BCUT2D eigenvalue weighted by Crippen LogP contribution is -2.58. The fourth-order valence-corrected chi connectivity index (χ4v) is 8.97. The van der Waals surface area contributed by atoms with Gasteiger partial charge in [0, 0.05) is 17.4 Å². The summed E-state index contributed by atoms with van der Waals surface area (Å²) in [4.78, 5) is 59.6. The van der Waals surface area contributed by atoms with Crippen LogP contribution in [-0.4, -0.2) is 28.5 Å². The molecule has 1 N–H and O–H groups in total. The second-order valence-electron chi connectivity index (χ2n) is 13.3. The quantitative estimate of drug-likeness (QED) is 0.182. The highest BCUT2D eigenvalue weighted by Gasteiger charge is 2.66. The van der Waals surface area contributed by atoms with Crippen LogP contribution in [0.15, 0.2) is 127 Å². The summed E-state index contributed by atoms with van der Waals surface area (Å²) < 4.78 is 15.2. The number of carbonyl (C=O) groups excluding carboxylic acids is 4. The van der Waals surface area contributed by atoms with Crippen molar-refractivity contribution >= 4 is 40.7 Å². The molecule has 242 valence electrons. The lowest BCUT2D eigenvalue weighted by molar-refractivity contribution is -0.135. The maximum atomic E-state index is 15.2. The predicted molar refractivity (Wildman–Crippen MR) is 184 cm³/mol. The number of allylic oxidation sites excluding steroid dienone is 4. The standard InChI is InChI=1S/C42H32FNO5/c1-2-24-13-16-28(17-14-24)44-40(48)30-19-18-29-32(37(30)41(44)49)22-33-39(47)31(25-9-5-3-6-10-25)23-36(46)42(33,27-11-7-4-8-12-27)38(29)26-15-20-35(45)34(43)21-26/h2-18,20-21,23,30,32-33,37-38,45H,1,19,22H2/t30-,32+,33-,37-,38-,42-/m0/s1. The van der Waals surface area contributed by atoms with E-state index in [1.165, 1.54) is 23.1 Å². The molecule has 49 heavy (non-hydrogen) atoms. The average molecular weight is 650 g/mol. The number of imide groups is 1. The molecule has 4 aliphatic rings. The van der Waals surface area contributed by atoms with Crippen LogP contribution >= 0.6 is 0 Å². The number of ketones is 2. The van der Waals surface area contributed by atoms with Gasteiger partial charge in [0.05, 0.1) is 22.9 Å². The first kappa shape index (κ1) is 30.6. The number of aromatic hydroxyl groups is 1. The van der Waals surface area contributed by atoms with Crippen molar-refractivity contribution in [3.05, 3.63) is 156 Å². The maximum Gasteiger partial charge on any atom is 0.238 e. The highest BCUT2D eigenvalue weighted by atomic mass is 19.1. The Morgan fingerprint density at radius 3 is 2.20 bits per heavy atom. The minimum atomic E-state index is -1.47. The molecular formula is C42H32FNO5. The highest BCUT2D eigenvalue weighted by molar-refractivity contribution is 6.32. The number of carbonyl (C=O) groups is 4. The Kier molecular flexibility index (Phi) is 7.18. The molecule has 1 saturated carbocycles. The number of nitrogens with zero attached hydrogens (tertiary/aromatic N) is 1. The zero-order valence-corrected chi connectivity index (χ0v) is 26.5. The molecule has 1 heterocycles. The van der Waals surface area contributed by atoms with E-state index in [1.807, 2.05) is 42.5 Å². The van der Waals surface area contributed by atoms with Gasteiger partial charge in [-0.15, -0.1) is 0 Å². The summed E-state index contributed by atoms with van der Waals surface area (Å²) in [6, 6.07) is 29.3. The third kappa shape index (κ3) is 4.45. The first-order valence-corrected chi connectivity index (χ1v) is 16.5. The van der Waals surface area contributed by atoms with Gasteiger partial charge in [-0.05, 0) is 71.4 Å². The molecule has 6 nitrogen and oxygen atoms in total. The van der Waals surface area contributed by atoms with Crippen molar-refractivity contribution in [1.29, 1.82) is 0 Å². The zero-order chi connectivity index (χ0) is 34.0. The lowest BCUT2D eigenvalue weighted by Gasteiger charge is -2.55. The van der Waals surface area contributed by atoms with Gasteiger partial charge in [0.25, 0.3) is 0 Å². The van der Waals surface area contributed by atoms with E-state index in [1.54, 1.807) is 60.7 Å². The van der Waals surface area contributed by atoms with Gasteiger partial charge in [0.1, 0.15) is 0 Å². The molecule has 0 bridgehead atoms. The van der Waals surface area contributed by atoms with Crippen LogP contribution in [0.1, 0.15) is 41.0 Å². The molecule has 0 spiro atoms. The van der Waals surface area contributed by atoms with E-state index in [0.29, 0.717) is 22.4 Å². The van der Waals surface area contributed by atoms with Gasteiger partial charge in [0.15, 0.2) is 23.1 Å². The second kappa shape index (κ2) is 11.5. The summed E-state index contributed by atoms with van der Waals surface area (Å²) in [7, 11) is 0. The summed E-state index contributed by atoms with van der Waals surface area (Å²) in [6.07, 6.45) is 5.45. The van der Waals surface area contributed by atoms with Gasteiger partial charge < -0.3 is 5.11 Å². The number of phenolic OH excluding ortho intramolecular Hbond substituents is 1. The topological polar surface area (TPSA) is 91.8 Å². The molecule has 1 saturated heterocycles. The molecular weight excluding hydrogens is 617 g/mol. The van der Waals surface area contributed by atoms with E-state index in [4.69, 9.17) is 0 Å². The molecule has 2 amide bonds. The molecule has 0 aromatic heterocycles. The molecule has 6 atom stereocenters. The minimum absolute atomic E-state index is 0.149. The largest absolute Gasteiger partial charge is 0.505 e. The number of Topliss-reactive ketones (excluding diaryl/α,β-unsaturated/α-hetero) is 1. The first-order chi connectivity index (χ1) is 23.7. The van der Waals surface area contributed by atoms with E-state index < -0.39 is 46.6 Å². The third-order valence-corrected chi connectivity index (χ3v) is 11.1. The van der Waals surface area contributed by atoms with Gasteiger partial charge in [-0.25, -0.2) is 4.39 Å². The van der Waals surface area contributed by atoms with Gasteiger partial charge in [-0.3, -0.25) is 24.1 Å². The molecule has 0 unspecified atom stereocenters. The van der Waals surface area contributed by atoms with Crippen LogP contribution in [0, 0.1) is 29.5 Å². The fraction of sp³-hybridized carbons (Fsp3) is 0.190. The number of anilines is 1. The highest BCUT2D eigenvalue weighted by Crippen LogP contribution is 2.63. The Bertz CT molecular complexity index is 2120. The Balaban J connectivity index is 1.35. The van der Waals surface area contributed by atoms with Gasteiger partial charge in [0.2, 0.25) is 11.8 Å². The zero-order valence-electron chi connectivity index (χ0n) is 26.5. The maximum absolute atomic E-state index is 15.2. The second-order valence-corrected chi connectivity index (χ2v) is 13.3. The Hall–Kier alpha value is -5.69. The smallest absolute Gasteiger partial charge is 0.238 e. The molecule has 2 fully saturated rings. The summed E-state index contributed by atoms with van der Waals surface area (Å²) >= 11 is 0. The first-order valence-electron chi connectivity index (χ1n) is 16.5. The molecule has 4 aromatic rings. The van der Waals surface area contributed by atoms with Crippen LogP contribution in [0.25, 0.3) is 11.6 Å². The number of rotatable bonds is 5. The number of phenols is 1. The number of fused-ring (bicyclic) bond motifs is 4. The van der Waals surface area contributed by atoms with Crippen molar-refractivity contribution in [3.8, 4) is 5.75 Å². The summed E-state index contributed by atoms with van der Waals surface area (Å²) in [5.41, 5.74) is 2.48. The Labute approximate surface area is 282 Å². The van der Waals surface area contributed by atoms with E-state index in [2.05, 4.69) is 6.58 Å². The molecule has 4 aromatic carbocycles. The summed E-state index contributed by atoms with van der Waals surface area (Å²) in [5, 5.41) is 10.2. The van der Waals surface area contributed by atoms with Crippen LogP contribution in [0.2, 0.25) is 0 Å². The lowest BCUT2D eigenvalue weighted by atomic mass is 9.44. The van der Waals surface area contributed by atoms with Crippen LogP contribution in [0.5, 0.6) is 5.75 Å². The third-order valence-electron chi connectivity index (χ3n) is 11.1. The van der Waals surface area contributed by atoms with E-state index in [0.717, 1.165) is 11.1 Å². The van der Waals surface area contributed by atoms with Crippen molar-refractivity contribution in [2.24, 2.45) is 23.7 Å². The number of benzene rings is 4. The molecule has 8 rings (SSSR count). The molecule has 7 heteroatoms. The summed E-state index contributed by atoms with van der Waals surface area (Å²) in [5.74, 6) is -6.39. The van der Waals surface area contributed by atoms with Crippen molar-refractivity contribution in [2.45, 2.75) is 24.2 Å². The van der Waals surface area contributed by atoms with Crippen LogP contribution in [-0.2, 0) is 24.6 Å².